The van der Waals surface area contributed by atoms with Gasteiger partial charge in [-0.25, -0.2) is 0 Å². The standard InChI is InChI=1S/C18H31N5OS.HI/c1-4-15(3)21-16(24)8-9-20-18(19-5-2)23-12-10-22(11-13-23)17-7-6-14-25-17;/h6-7,14-15H,4-5,8-13H2,1-3H3,(H,19,20)(H,21,24);1H. The number of carbonyl (C=O) groups excluding carboxylic acids is 1. The predicted molar refractivity (Wildman–Crippen MR) is 122 cm³/mol. The number of anilines is 1. The topological polar surface area (TPSA) is 60.0 Å². The lowest BCUT2D eigenvalue weighted by Crippen LogP contribution is -2.52. The van der Waals surface area contributed by atoms with Gasteiger partial charge in [0, 0.05) is 45.2 Å². The number of hydrogen-bond donors (Lipinski definition) is 2. The third kappa shape index (κ3) is 7.30. The lowest BCUT2D eigenvalue weighted by atomic mass is 10.2. The van der Waals surface area contributed by atoms with Crippen LogP contribution in [0.3, 0.4) is 0 Å². The molecule has 1 aromatic rings. The Hall–Kier alpha value is -1.03. The second-order valence-electron chi connectivity index (χ2n) is 6.29. The zero-order valence-corrected chi connectivity index (χ0v) is 19.2. The molecular weight excluding hydrogens is 461 g/mol. The summed E-state index contributed by atoms with van der Waals surface area (Å²) in [7, 11) is 0. The van der Waals surface area contributed by atoms with E-state index in [1.54, 1.807) is 11.3 Å². The van der Waals surface area contributed by atoms with Crippen molar-refractivity contribution >= 4 is 52.2 Å². The summed E-state index contributed by atoms with van der Waals surface area (Å²) in [6, 6.07) is 4.51. The Balaban J connectivity index is 0.00000338. The largest absolute Gasteiger partial charge is 0.360 e. The third-order valence-electron chi connectivity index (χ3n) is 4.35. The van der Waals surface area contributed by atoms with E-state index in [1.165, 1.54) is 5.00 Å². The number of aliphatic imine (C=N–C) groups is 1. The van der Waals surface area contributed by atoms with E-state index in [1.807, 2.05) is 6.92 Å². The van der Waals surface area contributed by atoms with E-state index < -0.39 is 0 Å². The maximum Gasteiger partial charge on any atom is 0.222 e. The molecule has 2 rings (SSSR count). The molecular formula is C18H32IN5OS. The van der Waals surface area contributed by atoms with Crippen molar-refractivity contribution in [1.82, 2.24) is 15.5 Å². The zero-order chi connectivity index (χ0) is 18.1. The first-order valence-corrected chi connectivity index (χ1v) is 10.1. The highest BCUT2D eigenvalue weighted by Crippen LogP contribution is 2.22. The molecule has 1 atom stereocenters. The molecule has 2 N–H and O–H groups in total. The first-order valence-electron chi connectivity index (χ1n) is 9.25. The molecule has 8 heteroatoms. The first-order chi connectivity index (χ1) is 12.1. The Morgan fingerprint density at radius 1 is 1.31 bits per heavy atom. The number of amides is 1. The fourth-order valence-corrected chi connectivity index (χ4v) is 3.51. The Kier molecular flexibility index (Phi) is 11.0. The van der Waals surface area contributed by atoms with Gasteiger partial charge in [0.25, 0.3) is 0 Å². The van der Waals surface area contributed by atoms with Gasteiger partial charge in [0.1, 0.15) is 0 Å². The van der Waals surface area contributed by atoms with Crippen LogP contribution in [0.2, 0.25) is 0 Å². The van der Waals surface area contributed by atoms with Crippen molar-refractivity contribution in [2.75, 3.05) is 44.2 Å². The van der Waals surface area contributed by atoms with Gasteiger partial charge >= 0.3 is 0 Å². The van der Waals surface area contributed by atoms with Crippen LogP contribution < -0.4 is 15.5 Å². The number of piperazine rings is 1. The minimum Gasteiger partial charge on any atom is -0.360 e. The zero-order valence-electron chi connectivity index (χ0n) is 16.0. The lowest BCUT2D eigenvalue weighted by Gasteiger charge is -2.37. The van der Waals surface area contributed by atoms with Crippen molar-refractivity contribution in [3.8, 4) is 0 Å². The number of rotatable bonds is 7. The molecule has 2 heterocycles. The summed E-state index contributed by atoms with van der Waals surface area (Å²) in [5.74, 6) is 1.00. The van der Waals surface area contributed by atoms with Crippen LogP contribution in [-0.2, 0) is 4.79 Å². The van der Waals surface area contributed by atoms with E-state index in [9.17, 15) is 4.79 Å². The molecule has 0 spiro atoms. The van der Waals surface area contributed by atoms with Gasteiger partial charge in [-0.15, -0.1) is 35.3 Å². The Bertz CT molecular complexity index is 544. The van der Waals surface area contributed by atoms with E-state index in [-0.39, 0.29) is 35.9 Å². The number of thiophene rings is 1. The van der Waals surface area contributed by atoms with Gasteiger partial charge in [0.15, 0.2) is 5.96 Å². The van der Waals surface area contributed by atoms with Crippen LogP contribution in [0.15, 0.2) is 22.5 Å². The van der Waals surface area contributed by atoms with Crippen LogP contribution in [0.4, 0.5) is 5.00 Å². The molecule has 0 radical (unpaired) electrons. The van der Waals surface area contributed by atoms with Crippen molar-refractivity contribution in [2.45, 2.75) is 39.7 Å². The van der Waals surface area contributed by atoms with Crippen LogP contribution in [0.25, 0.3) is 0 Å². The van der Waals surface area contributed by atoms with Crippen molar-refractivity contribution in [1.29, 1.82) is 0 Å². The summed E-state index contributed by atoms with van der Waals surface area (Å²) in [6.45, 7) is 11.4. The molecule has 1 aromatic heterocycles. The number of carbonyl (C=O) groups is 1. The molecule has 1 aliphatic rings. The number of hydrogen-bond acceptors (Lipinski definition) is 4. The molecule has 148 valence electrons. The smallest absolute Gasteiger partial charge is 0.222 e. The van der Waals surface area contributed by atoms with Crippen LogP contribution in [0, 0.1) is 0 Å². The molecule has 0 aliphatic carbocycles. The van der Waals surface area contributed by atoms with Crippen molar-refractivity contribution < 1.29 is 4.79 Å². The van der Waals surface area contributed by atoms with Crippen LogP contribution in [0.5, 0.6) is 0 Å². The van der Waals surface area contributed by atoms with E-state index in [2.05, 4.69) is 56.8 Å². The average molecular weight is 493 g/mol. The molecule has 0 aromatic carbocycles. The Morgan fingerprint density at radius 2 is 2.04 bits per heavy atom. The van der Waals surface area contributed by atoms with Crippen molar-refractivity contribution in [3.05, 3.63) is 17.5 Å². The van der Waals surface area contributed by atoms with E-state index in [0.29, 0.717) is 13.0 Å². The maximum atomic E-state index is 11.9. The van der Waals surface area contributed by atoms with Gasteiger partial charge in [-0.1, -0.05) is 6.92 Å². The predicted octanol–water partition coefficient (Wildman–Crippen LogP) is 2.76. The highest BCUT2D eigenvalue weighted by molar-refractivity contribution is 14.0. The van der Waals surface area contributed by atoms with E-state index in [0.717, 1.165) is 45.1 Å². The molecule has 6 nitrogen and oxygen atoms in total. The highest BCUT2D eigenvalue weighted by Gasteiger charge is 2.20. The number of guanidine groups is 1. The number of nitrogens with zero attached hydrogens (tertiary/aromatic N) is 3. The summed E-state index contributed by atoms with van der Waals surface area (Å²) in [5, 5.41) is 9.80. The summed E-state index contributed by atoms with van der Waals surface area (Å²) < 4.78 is 0. The minimum absolute atomic E-state index is 0. The highest BCUT2D eigenvalue weighted by atomic mass is 127. The molecule has 26 heavy (non-hydrogen) atoms. The molecule has 1 amide bonds. The van der Waals surface area contributed by atoms with Gasteiger partial charge in [0.2, 0.25) is 5.91 Å². The Labute approximate surface area is 178 Å². The summed E-state index contributed by atoms with van der Waals surface area (Å²) in [6.07, 6.45) is 1.39. The SMILES string of the molecule is CCNC(=NCCC(=O)NC(C)CC)N1CCN(c2cccs2)CC1.I. The molecule has 0 bridgehead atoms. The first kappa shape index (κ1) is 23.0. The monoisotopic (exact) mass is 493 g/mol. The summed E-state index contributed by atoms with van der Waals surface area (Å²) >= 11 is 1.79. The van der Waals surface area contributed by atoms with Gasteiger partial charge in [-0.2, -0.15) is 0 Å². The second-order valence-corrected chi connectivity index (χ2v) is 7.21. The maximum absolute atomic E-state index is 11.9. The van der Waals surface area contributed by atoms with Gasteiger partial charge in [-0.05, 0) is 37.8 Å². The van der Waals surface area contributed by atoms with Crippen LogP contribution in [-0.4, -0.2) is 62.1 Å². The van der Waals surface area contributed by atoms with E-state index in [4.69, 9.17) is 0 Å². The van der Waals surface area contributed by atoms with Crippen LogP contribution in [0.1, 0.15) is 33.6 Å². The average Bonchev–Trinajstić information content (AvgIpc) is 3.15. The molecule has 1 aliphatic heterocycles. The van der Waals surface area contributed by atoms with Gasteiger partial charge in [0.05, 0.1) is 11.5 Å². The third-order valence-corrected chi connectivity index (χ3v) is 5.28. The molecule has 0 saturated carbocycles. The van der Waals surface area contributed by atoms with Gasteiger partial charge < -0.3 is 20.4 Å². The summed E-state index contributed by atoms with van der Waals surface area (Å²) in [4.78, 5) is 21.2. The Morgan fingerprint density at radius 3 is 2.62 bits per heavy atom. The normalized spacial score (nSPS) is 16.0. The van der Waals surface area contributed by atoms with Crippen LogP contribution >= 0.6 is 35.3 Å². The quantitative estimate of drug-likeness (QED) is 0.349. The fourth-order valence-electron chi connectivity index (χ4n) is 2.73. The fraction of sp³-hybridized carbons (Fsp3) is 0.667. The lowest BCUT2D eigenvalue weighted by molar-refractivity contribution is -0.121. The molecule has 1 saturated heterocycles. The van der Waals surface area contributed by atoms with Gasteiger partial charge in [-0.3, -0.25) is 9.79 Å². The van der Waals surface area contributed by atoms with E-state index >= 15 is 0 Å². The molecule has 1 fully saturated rings. The van der Waals surface area contributed by atoms with Crippen molar-refractivity contribution in [2.24, 2.45) is 4.99 Å². The van der Waals surface area contributed by atoms with Crippen molar-refractivity contribution in [3.63, 3.8) is 0 Å². The summed E-state index contributed by atoms with van der Waals surface area (Å²) in [5.41, 5.74) is 0. The molecule has 1 unspecified atom stereocenters. The second kappa shape index (κ2) is 12.4. The number of halogens is 1. The number of nitrogens with one attached hydrogen (secondary N) is 2. The minimum atomic E-state index is 0.